The zero-order valence-electron chi connectivity index (χ0n) is 14.1. The van der Waals surface area contributed by atoms with E-state index in [-0.39, 0.29) is 11.5 Å². The summed E-state index contributed by atoms with van der Waals surface area (Å²) < 4.78 is 2.48. The second kappa shape index (κ2) is 7.34. The van der Waals surface area contributed by atoms with Gasteiger partial charge in [-0.05, 0) is 35.9 Å². The van der Waals surface area contributed by atoms with Crippen LogP contribution in [0.5, 0.6) is 0 Å². The standard InChI is InChI=1S/C20H14ClN3O2S/c21-15-5-3-4-13(10-15)11-24-12-14(8-9-18(24)25)19(26)23-20-22-16-6-1-2-7-17(16)27-20/h1-10,12H,11H2,(H,22,23,26). The van der Waals surface area contributed by atoms with Crippen molar-refractivity contribution in [1.29, 1.82) is 0 Å². The molecular formula is C20H14ClN3O2S. The van der Waals surface area contributed by atoms with Crippen molar-refractivity contribution in [1.82, 2.24) is 9.55 Å². The Balaban J connectivity index is 1.57. The maximum Gasteiger partial charge on any atom is 0.258 e. The van der Waals surface area contributed by atoms with Crippen molar-refractivity contribution >= 4 is 44.2 Å². The fourth-order valence-corrected chi connectivity index (χ4v) is 3.79. The van der Waals surface area contributed by atoms with Crippen LogP contribution in [0.25, 0.3) is 10.2 Å². The number of nitrogens with zero attached hydrogens (tertiary/aromatic N) is 2. The molecule has 0 atom stereocenters. The van der Waals surface area contributed by atoms with Crippen LogP contribution in [0.2, 0.25) is 5.02 Å². The van der Waals surface area contributed by atoms with Gasteiger partial charge in [0, 0.05) is 17.3 Å². The third-order valence-corrected chi connectivity index (χ3v) is 5.19. The van der Waals surface area contributed by atoms with Crippen LogP contribution in [0.15, 0.2) is 71.7 Å². The average molecular weight is 396 g/mol. The summed E-state index contributed by atoms with van der Waals surface area (Å²) in [6.45, 7) is 0.335. The van der Waals surface area contributed by atoms with Crippen molar-refractivity contribution in [3.05, 3.63) is 93.4 Å². The number of thiazole rings is 1. The number of benzene rings is 2. The summed E-state index contributed by atoms with van der Waals surface area (Å²) in [6.07, 6.45) is 1.55. The number of nitrogens with one attached hydrogen (secondary N) is 1. The lowest BCUT2D eigenvalue weighted by atomic mass is 10.2. The first-order valence-corrected chi connectivity index (χ1v) is 9.40. The van der Waals surface area contributed by atoms with Gasteiger partial charge >= 0.3 is 0 Å². The molecule has 4 aromatic rings. The lowest BCUT2D eigenvalue weighted by Crippen LogP contribution is -2.22. The molecule has 0 aliphatic heterocycles. The van der Waals surface area contributed by atoms with E-state index < -0.39 is 0 Å². The monoisotopic (exact) mass is 395 g/mol. The molecule has 0 saturated heterocycles. The zero-order valence-corrected chi connectivity index (χ0v) is 15.6. The smallest absolute Gasteiger partial charge is 0.258 e. The highest BCUT2D eigenvalue weighted by molar-refractivity contribution is 7.22. The first-order chi connectivity index (χ1) is 13.1. The van der Waals surface area contributed by atoms with Gasteiger partial charge in [-0.15, -0.1) is 0 Å². The van der Waals surface area contributed by atoms with E-state index in [1.807, 2.05) is 36.4 Å². The number of carbonyl (C=O) groups is 1. The second-order valence-corrected chi connectivity index (χ2v) is 7.42. The van der Waals surface area contributed by atoms with Crippen molar-refractivity contribution in [2.45, 2.75) is 6.54 Å². The van der Waals surface area contributed by atoms with E-state index in [9.17, 15) is 9.59 Å². The number of carbonyl (C=O) groups excluding carboxylic acids is 1. The Morgan fingerprint density at radius 1 is 1.11 bits per heavy atom. The van der Waals surface area contributed by atoms with Gasteiger partial charge in [0.15, 0.2) is 5.13 Å². The highest BCUT2D eigenvalue weighted by atomic mass is 35.5. The van der Waals surface area contributed by atoms with Crippen molar-refractivity contribution in [2.24, 2.45) is 0 Å². The molecule has 7 heteroatoms. The fraction of sp³-hybridized carbons (Fsp3) is 0.0500. The van der Waals surface area contributed by atoms with E-state index in [4.69, 9.17) is 11.6 Å². The molecule has 0 fully saturated rings. The summed E-state index contributed by atoms with van der Waals surface area (Å²) >= 11 is 7.40. The molecule has 2 aromatic carbocycles. The van der Waals surface area contributed by atoms with E-state index in [2.05, 4.69) is 10.3 Å². The second-order valence-electron chi connectivity index (χ2n) is 5.95. The number of halogens is 1. The summed E-state index contributed by atoms with van der Waals surface area (Å²) in [5.74, 6) is -0.311. The molecule has 0 bridgehead atoms. The Kier molecular flexibility index (Phi) is 4.75. The van der Waals surface area contributed by atoms with Gasteiger partial charge in [-0.25, -0.2) is 4.98 Å². The van der Waals surface area contributed by atoms with Crippen LogP contribution in [-0.4, -0.2) is 15.5 Å². The predicted molar refractivity (Wildman–Crippen MR) is 109 cm³/mol. The Hall–Kier alpha value is -2.96. The number of pyridine rings is 1. The molecule has 0 unspecified atom stereocenters. The van der Waals surface area contributed by atoms with E-state index in [1.165, 1.54) is 28.0 Å². The van der Waals surface area contributed by atoms with Gasteiger partial charge in [-0.3, -0.25) is 14.9 Å². The SMILES string of the molecule is O=C(Nc1nc2ccccc2s1)c1ccc(=O)n(Cc2cccc(Cl)c2)c1. The highest BCUT2D eigenvalue weighted by Gasteiger charge is 2.11. The summed E-state index contributed by atoms with van der Waals surface area (Å²) in [7, 11) is 0. The van der Waals surface area contributed by atoms with E-state index in [0.717, 1.165) is 15.8 Å². The van der Waals surface area contributed by atoms with Crippen LogP contribution in [0.1, 0.15) is 15.9 Å². The topological polar surface area (TPSA) is 64.0 Å². The van der Waals surface area contributed by atoms with Crippen LogP contribution in [0.3, 0.4) is 0 Å². The lowest BCUT2D eigenvalue weighted by Gasteiger charge is -2.08. The summed E-state index contributed by atoms with van der Waals surface area (Å²) in [6, 6.07) is 17.9. The number of aromatic nitrogens is 2. The van der Waals surface area contributed by atoms with E-state index in [1.54, 1.807) is 18.3 Å². The largest absolute Gasteiger partial charge is 0.310 e. The van der Waals surface area contributed by atoms with Crippen LogP contribution in [0.4, 0.5) is 5.13 Å². The molecular weight excluding hydrogens is 382 g/mol. The number of anilines is 1. The summed E-state index contributed by atoms with van der Waals surface area (Å²) in [5.41, 5.74) is 1.92. The third kappa shape index (κ3) is 3.92. The number of fused-ring (bicyclic) bond motifs is 1. The molecule has 134 valence electrons. The number of hydrogen-bond donors (Lipinski definition) is 1. The summed E-state index contributed by atoms with van der Waals surface area (Å²) in [4.78, 5) is 29.1. The zero-order chi connectivity index (χ0) is 18.8. The molecule has 27 heavy (non-hydrogen) atoms. The molecule has 0 aliphatic rings. The van der Waals surface area contributed by atoms with Crippen molar-refractivity contribution < 1.29 is 4.79 Å². The normalized spacial score (nSPS) is 10.9. The average Bonchev–Trinajstić information content (AvgIpc) is 3.05. The molecule has 2 aromatic heterocycles. The summed E-state index contributed by atoms with van der Waals surface area (Å²) in [5, 5.41) is 3.92. The molecule has 0 radical (unpaired) electrons. The molecule has 5 nitrogen and oxygen atoms in total. The number of para-hydroxylation sites is 1. The van der Waals surface area contributed by atoms with Gasteiger partial charge in [0.2, 0.25) is 0 Å². The first-order valence-electron chi connectivity index (χ1n) is 8.20. The first kappa shape index (κ1) is 17.5. The Bertz CT molecular complexity index is 1170. The number of rotatable bonds is 4. The minimum absolute atomic E-state index is 0.188. The van der Waals surface area contributed by atoms with E-state index in [0.29, 0.717) is 22.3 Å². The third-order valence-electron chi connectivity index (χ3n) is 4.00. The molecule has 4 rings (SSSR count). The van der Waals surface area contributed by atoms with Crippen LogP contribution in [-0.2, 0) is 6.54 Å². The Labute approximate surface area is 163 Å². The quantitative estimate of drug-likeness (QED) is 0.556. The minimum atomic E-state index is -0.311. The predicted octanol–water partition coefficient (Wildman–Crippen LogP) is 4.41. The molecule has 1 amide bonds. The van der Waals surface area contributed by atoms with Crippen LogP contribution >= 0.6 is 22.9 Å². The van der Waals surface area contributed by atoms with E-state index >= 15 is 0 Å². The Morgan fingerprint density at radius 3 is 2.78 bits per heavy atom. The van der Waals surface area contributed by atoms with Crippen molar-refractivity contribution in [2.75, 3.05) is 5.32 Å². The Morgan fingerprint density at radius 2 is 1.96 bits per heavy atom. The van der Waals surface area contributed by atoms with Crippen LogP contribution in [0, 0.1) is 0 Å². The number of hydrogen-bond acceptors (Lipinski definition) is 4. The molecule has 0 saturated carbocycles. The van der Waals surface area contributed by atoms with Crippen LogP contribution < -0.4 is 10.9 Å². The minimum Gasteiger partial charge on any atom is -0.310 e. The maximum absolute atomic E-state index is 12.6. The van der Waals surface area contributed by atoms with Gasteiger partial charge in [-0.1, -0.05) is 47.2 Å². The van der Waals surface area contributed by atoms with Gasteiger partial charge in [-0.2, -0.15) is 0 Å². The van der Waals surface area contributed by atoms with Gasteiger partial charge < -0.3 is 4.57 Å². The number of amides is 1. The molecule has 2 heterocycles. The highest BCUT2D eigenvalue weighted by Crippen LogP contribution is 2.25. The molecule has 0 spiro atoms. The lowest BCUT2D eigenvalue weighted by molar-refractivity contribution is 0.102. The molecule has 0 aliphatic carbocycles. The maximum atomic E-state index is 12.6. The fourth-order valence-electron chi connectivity index (χ4n) is 2.72. The van der Waals surface area contributed by atoms with Gasteiger partial charge in [0.1, 0.15) is 0 Å². The van der Waals surface area contributed by atoms with Gasteiger partial charge in [0.25, 0.3) is 11.5 Å². The van der Waals surface area contributed by atoms with Crippen molar-refractivity contribution in [3.8, 4) is 0 Å². The van der Waals surface area contributed by atoms with Gasteiger partial charge in [0.05, 0.1) is 22.3 Å². The van der Waals surface area contributed by atoms with Crippen molar-refractivity contribution in [3.63, 3.8) is 0 Å². The molecule has 1 N–H and O–H groups in total.